The van der Waals surface area contributed by atoms with Crippen molar-refractivity contribution >= 4 is 12.6 Å². The first kappa shape index (κ1) is 12.8. The summed E-state index contributed by atoms with van der Waals surface area (Å²) >= 11 is 0. The van der Waals surface area contributed by atoms with E-state index >= 15 is 0 Å². The van der Waals surface area contributed by atoms with Gasteiger partial charge in [-0.15, -0.1) is 0 Å². The molecule has 20 heavy (non-hydrogen) atoms. The number of nitrogens with zero attached hydrogens (tertiary/aromatic N) is 2. The molecule has 0 amide bonds. The fourth-order valence-electron chi connectivity index (χ4n) is 2.67. The SMILES string of the molecule is C1=NC=NC1CC(Cc1ccccc1)c1ccccc1. The zero-order valence-electron chi connectivity index (χ0n) is 11.4. The summed E-state index contributed by atoms with van der Waals surface area (Å²) in [6.45, 7) is 0. The van der Waals surface area contributed by atoms with E-state index in [1.807, 2.05) is 6.21 Å². The van der Waals surface area contributed by atoms with Crippen LogP contribution in [0.5, 0.6) is 0 Å². The second kappa shape index (κ2) is 6.29. The highest BCUT2D eigenvalue weighted by atomic mass is 14.9. The molecular weight excluding hydrogens is 244 g/mol. The van der Waals surface area contributed by atoms with Crippen molar-refractivity contribution in [2.24, 2.45) is 9.98 Å². The quantitative estimate of drug-likeness (QED) is 0.781. The summed E-state index contributed by atoms with van der Waals surface area (Å²) in [5, 5.41) is 0. The van der Waals surface area contributed by atoms with Crippen molar-refractivity contribution in [1.29, 1.82) is 0 Å². The zero-order valence-corrected chi connectivity index (χ0v) is 11.4. The highest BCUT2D eigenvalue weighted by molar-refractivity contribution is 5.82. The average Bonchev–Trinajstić information content (AvgIpc) is 3.02. The van der Waals surface area contributed by atoms with E-state index < -0.39 is 0 Å². The Morgan fingerprint density at radius 2 is 1.60 bits per heavy atom. The summed E-state index contributed by atoms with van der Waals surface area (Å²) in [5.41, 5.74) is 2.76. The predicted molar refractivity (Wildman–Crippen MR) is 84.7 cm³/mol. The monoisotopic (exact) mass is 262 g/mol. The molecule has 0 bridgehead atoms. The van der Waals surface area contributed by atoms with Gasteiger partial charge in [0.1, 0.15) is 6.34 Å². The van der Waals surface area contributed by atoms with Crippen LogP contribution < -0.4 is 0 Å². The molecule has 2 heteroatoms. The molecule has 1 aliphatic heterocycles. The van der Waals surface area contributed by atoms with E-state index in [2.05, 4.69) is 70.6 Å². The van der Waals surface area contributed by atoms with Crippen LogP contribution in [0.15, 0.2) is 70.6 Å². The van der Waals surface area contributed by atoms with E-state index in [1.165, 1.54) is 11.1 Å². The van der Waals surface area contributed by atoms with E-state index in [-0.39, 0.29) is 6.04 Å². The molecule has 0 spiro atoms. The van der Waals surface area contributed by atoms with Gasteiger partial charge < -0.3 is 0 Å². The van der Waals surface area contributed by atoms with Gasteiger partial charge >= 0.3 is 0 Å². The molecule has 3 rings (SSSR count). The molecule has 2 unspecified atom stereocenters. The lowest BCUT2D eigenvalue weighted by atomic mass is 9.87. The summed E-state index contributed by atoms with van der Waals surface area (Å²) in [5.74, 6) is 0.477. The van der Waals surface area contributed by atoms with Gasteiger partial charge in [-0.3, -0.25) is 4.99 Å². The van der Waals surface area contributed by atoms with Crippen molar-refractivity contribution in [3.8, 4) is 0 Å². The van der Waals surface area contributed by atoms with Crippen LogP contribution in [0, 0.1) is 0 Å². The first-order chi connectivity index (χ1) is 9.92. The van der Waals surface area contributed by atoms with Gasteiger partial charge in [-0.25, -0.2) is 4.99 Å². The summed E-state index contributed by atoms with van der Waals surface area (Å²) < 4.78 is 0. The molecule has 0 radical (unpaired) electrons. The Morgan fingerprint density at radius 3 is 2.25 bits per heavy atom. The van der Waals surface area contributed by atoms with E-state index in [4.69, 9.17) is 0 Å². The fourth-order valence-corrected chi connectivity index (χ4v) is 2.67. The van der Waals surface area contributed by atoms with Crippen molar-refractivity contribution in [3.63, 3.8) is 0 Å². The molecule has 0 aromatic heterocycles. The van der Waals surface area contributed by atoms with Gasteiger partial charge in [0.2, 0.25) is 0 Å². The largest absolute Gasteiger partial charge is 0.264 e. The number of rotatable bonds is 5. The van der Waals surface area contributed by atoms with Gasteiger partial charge in [-0.05, 0) is 29.9 Å². The van der Waals surface area contributed by atoms with Crippen molar-refractivity contribution < 1.29 is 0 Å². The molecule has 0 fully saturated rings. The van der Waals surface area contributed by atoms with Gasteiger partial charge in [0.25, 0.3) is 0 Å². The number of hydrogen-bond donors (Lipinski definition) is 0. The smallest absolute Gasteiger partial charge is 0.110 e. The standard InChI is InChI=1S/C18H18N2/c1-3-7-15(8-4-1)11-17(12-18-13-19-14-20-18)16-9-5-2-6-10-16/h1-10,13-14,17-18H,11-12H2. The Hall–Kier alpha value is -2.22. The number of aliphatic imine (C=N–C) groups is 2. The Bertz CT molecular complexity index is 575. The van der Waals surface area contributed by atoms with Gasteiger partial charge in [-0.1, -0.05) is 60.7 Å². The summed E-state index contributed by atoms with van der Waals surface area (Å²) in [4.78, 5) is 8.50. The lowest BCUT2D eigenvalue weighted by Gasteiger charge is -2.19. The zero-order chi connectivity index (χ0) is 13.6. The highest BCUT2D eigenvalue weighted by Crippen LogP contribution is 2.26. The summed E-state index contributed by atoms with van der Waals surface area (Å²) in [7, 11) is 0. The molecule has 1 heterocycles. The molecular formula is C18H18N2. The predicted octanol–water partition coefficient (Wildman–Crippen LogP) is 3.88. The van der Waals surface area contributed by atoms with E-state index in [0.29, 0.717) is 5.92 Å². The Morgan fingerprint density at radius 1 is 0.900 bits per heavy atom. The second-order valence-corrected chi connectivity index (χ2v) is 5.16. The van der Waals surface area contributed by atoms with Gasteiger partial charge in [-0.2, -0.15) is 0 Å². The third-order valence-corrected chi connectivity index (χ3v) is 3.70. The summed E-state index contributed by atoms with van der Waals surface area (Å²) in [6.07, 6.45) is 5.67. The van der Waals surface area contributed by atoms with Crippen LogP contribution in [0.2, 0.25) is 0 Å². The van der Waals surface area contributed by atoms with E-state index in [1.54, 1.807) is 6.34 Å². The van der Waals surface area contributed by atoms with E-state index in [9.17, 15) is 0 Å². The molecule has 2 nitrogen and oxygen atoms in total. The molecule has 1 aliphatic rings. The van der Waals surface area contributed by atoms with Crippen LogP contribution >= 0.6 is 0 Å². The minimum Gasteiger partial charge on any atom is -0.264 e. The van der Waals surface area contributed by atoms with Gasteiger partial charge in [0, 0.05) is 6.21 Å². The topological polar surface area (TPSA) is 24.7 Å². The number of hydrogen-bond acceptors (Lipinski definition) is 2. The lowest BCUT2D eigenvalue weighted by Crippen LogP contribution is -2.12. The van der Waals surface area contributed by atoms with Crippen molar-refractivity contribution in [3.05, 3.63) is 71.8 Å². The third-order valence-electron chi connectivity index (χ3n) is 3.70. The second-order valence-electron chi connectivity index (χ2n) is 5.16. The Balaban J connectivity index is 1.79. The molecule has 0 aliphatic carbocycles. The molecule has 100 valence electrons. The van der Waals surface area contributed by atoms with Crippen LogP contribution in [0.4, 0.5) is 0 Å². The Labute approximate surface area is 119 Å². The first-order valence-corrected chi connectivity index (χ1v) is 7.05. The van der Waals surface area contributed by atoms with Crippen molar-refractivity contribution in [2.45, 2.75) is 24.8 Å². The summed E-state index contributed by atoms with van der Waals surface area (Å²) in [6, 6.07) is 21.6. The van der Waals surface area contributed by atoms with Crippen LogP contribution in [-0.2, 0) is 6.42 Å². The normalized spacial score (nSPS) is 18.3. The first-order valence-electron chi connectivity index (χ1n) is 7.05. The number of benzene rings is 2. The van der Waals surface area contributed by atoms with Crippen molar-refractivity contribution in [2.75, 3.05) is 0 Å². The molecule has 2 atom stereocenters. The molecule has 2 aromatic carbocycles. The molecule has 0 N–H and O–H groups in total. The molecule has 0 saturated carbocycles. The van der Waals surface area contributed by atoms with E-state index in [0.717, 1.165) is 12.8 Å². The minimum absolute atomic E-state index is 0.226. The maximum absolute atomic E-state index is 4.40. The fraction of sp³-hybridized carbons (Fsp3) is 0.222. The lowest BCUT2D eigenvalue weighted by molar-refractivity contribution is 0.602. The maximum atomic E-state index is 4.40. The third kappa shape index (κ3) is 3.21. The van der Waals surface area contributed by atoms with Gasteiger partial charge in [0.15, 0.2) is 0 Å². The van der Waals surface area contributed by atoms with Crippen LogP contribution in [-0.4, -0.2) is 18.6 Å². The minimum atomic E-state index is 0.226. The Kier molecular flexibility index (Phi) is 4.02. The van der Waals surface area contributed by atoms with Crippen LogP contribution in [0.25, 0.3) is 0 Å². The average molecular weight is 262 g/mol. The van der Waals surface area contributed by atoms with Crippen molar-refractivity contribution in [1.82, 2.24) is 0 Å². The molecule has 0 saturated heterocycles. The van der Waals surface area contributed by atoms with Gasteiger partial charge in [0.05, 0.1) is 6.04 Å². The molecule has 2 aromatic rings. The highest BCUT2D eigenvalue weighted by Gasteiger charge is 2.18. The van der Waals surface area contributed by atoms with Crippen LogP contribution in [0.1, 0.15) is 23.5 Å². The maximum Gasteiger partial charge on any atom is 0.110 e. The van der Waals surface area contributed by atoms with Crippen LogP contribution in [0.3, 0.4) is 0 Å².